The van der Waals surface area contributed by atoms with E-state index < -0.39 is 0 Å². The van der Waals surface area contributed by atoms with Gasteiger partial charge in [0.15, 0.2) is 0 Å². The van der Waals surface area contributed by atoms with Crippen molar-refractivity contribution in [2.24, 2.45) is 0 Å². The second-order valence-electron chi connectivity index (χ2n) is 9.54. The predicted molar refractivity (Wildman–Crippen MR) is 137 cm³/mol. The molecule has 7 rings (SSSR count). The minimum absolute atomic E-state index is 0.305. The van der Waals surface area contributed by atoms with Gasteiger partial charge in [-0.25, -0.2) is 0 Å². The molecule has 2 unspecified atom stereocenters. The van der Waals surface area contributed by atoms with Crippen LogP contribution in [0.15, 0.2) is 102 Å². The van der Waals surface area contributed by atoms with Crippen molar-refractivity contribution in [3.63, 3.8) is 0 Å². The quantitative estimate of drug-likeness (QED) is 0.516. The van der Waals surface area contributed by atoms with Crippen LogP contribution < -0.4 is 0 Å². The summed E-state index contributed by atoms with van der Waals surface area (Å²) >= 11 is 0. The normalized spacial score (nSPS) is 24.4. The van der Waals surface area contributed by atoms with Crippen LogP contribution in [0, 0.1) is 0 Å². The van der Waals surface area contributed by atoms with E-state index in [1.807, 2.05) is 0 Å². The molecule has 2 atom stereocenters. The minimum Gasteiger partial charge on any atom is -0.355 e. The lowest BCUT2D eigenvalue weighted by Crippen LogP contribution is -2.44. The van der Waals surface area contributed by atoms with E-state index in [1.165, 1.54) is 39.5 Å². The second-order valence-corrected chi connectivity index (χ2v) is 9.54. The zero-order valence-electron chi connectivity index (χ0n) is 18.8. The van der Waals surface area contributed by atoms with Crippen LogP contribution in [0.3, 0.4) is 0 Å². The van der Waals surface area contributed by atoms with E-state index in [-0.39, 0.29) is 0 Å². The van der Waals surface area contributed by atoms with Crippen molar-refractivity contribution in [2.45, 2.75) is 44.2 Å². The summed E-state index contributed by atoms with van der Waals surface area (Å²) in [5.41, 5.74) is 11.4. The largest absolute Gasteiger partial charge is 0.355 e. The first-order valence-corrected chi connectivity index (χ1v) is 12.3. The monoisotopic (exact) mass is 428 g/mol. The highest BCUT2D eigenvalue weighted by Gasteiger charge is 2.35. The van der Waals surface area contributed by atoms with E-state index in [1.54, 1.807) is 5.56 Å². The maximum absolute atomic E-state index is 2.67. The van der Waals surface area contributed by atoms with Crippen molar-refractivity contribution in [1.82, 2.24) is 9.47 Å². The van der Waals surface area contributed by atoms with Gasteiger partial charge in [-0.3, -0.25) is 0 Å². The molecule has 33 heavy (non-hydrogen) atoms. The van der Waals surface area contributed by atoms with E-state index >= 15 is 0 Å². The standard InChI is InChI=1S/C31H28N2/c1-2-11-23(12-3-1)33-30-17-9-7-15-27(30)28-21-25(18-19-31(28)33)32-24-13-5-4-10-22(20-24)26-14-6-8-16-29(26)32/h1-5,8-13,16-20,24-25H,6-7,14-15,21H2. The summed E-state index contributed by atoms with van der Waals surface area (Å²) in [6, 6.07) is 11.5. The first kappa shape index (κ1) is 19.0. The summed E-state index contributed by atoms with van der Waals surface area (Å²) in [5, 5.41) is 0. The van der Waals surface area contributed by atoms with E-state index in [0.29, 0.717) is 12.1 Å². The number of hydrogen-bond acceptors (Lipinski definition) is 1. The van der Waals surface area contributed by atoms with Gasteiger partial charge in [0.1, 0.15) is 0 Å². The van der Waals surface area contributed by atoms with Crippen molar-refractivity contribution in [1.29, 1.82) is 0 Å². The fourth-order valence-electron chi connectivity index (χ4n) is 6.27. The molecule has 2 aromatic rings. The average molecular weight is 429 g/mol. The molecule has 4 aliphatic carbocycles. The summed E-state index contributed by atoms with van der Waals surface area (Å²) < 4.78 is 2.47. The van der Waals surface area contributed by atoms with Gasteiger partial charge in [-0.1, -0.05) is 66.8 Å². The number of hydrogen-bond donors (Lipinski definition) is 0. The molecule has 2 heteroatoms. The number of aromatic nitrogens is 1. The fraction of sp³-hybridized carbons (Fsp3) is 0.226. The van der Waals surface area contributed by atoms with Crippen LogP contribution in [-0.2, 0) is 12.8 Å². The van der Waals surface area contributed by atoms with Gasteiger partial charge in [0.2, 0.25) is 0 Å². The fourth-order valence-corrected chi connectivity index (χ4v) is 6.27. The number of nitrogens with zero attached hydrogens (tertiary/aromatic N) is 2. The van der Waals surface area contributed by atoms with Gasteiger partial charge in [-0.15, -0.1) is 0 Å². The number of allylic oxidation sites excluding steroid dienone is 8. The Morgan fingerprint density at radius 2 is 1.61 bits per heavy atom. The van der Waals surface area contributed by atoms with E-state index in [9.17, 15) is 0 Å². The van der Waals surface area contributed by atoms with Gasteiger partial charge in [-0.2, -0.15) is 0 Å². The first-order valence-electron chi connectivity index (χ1n) is 12.3. The Morgan fingerprint density at radius 3 is 2.55 bits per heavy atom. The van der Waals surface area contributed by atoms with Crippen LogP contribution in [0.5, 0.6) is 0 Å². The van der Waals surface area contributed by atoms with Crippen molar-refractivity contribution in [3.8, 4) is 5.69 Å². The highest BCUT2D eigenvalue weighted by atomic mass is 15.2. The average Bonchev–Trinajstić information content (AvgIpc) is 3.05. The van der Waals surface area contributed by atoms with Crippen LogP contribution in [0.2, 0.25) is 0 Å². The Bertz CT molecular complexity index is 1340. The van der Waals surface area contributed by atoms with Crippen LogP contribution in [-0.4, -0.2) is 21.6 Å². The molecule has 5 aliphatic rings. The topological polar surface area (TPSA) is 8.17 Å². The molecule has 0 N–H and O–H groups in total. The maximum atomic E-state index is 2.67. The van der Waals surface area contributed by atoms with Gasteiger partial charge in [-0.05, 0) is 84.7 Å². The Hall–Kier alpha value is -3.52. The third kappa shape index (κ3) is 2.94. The molecule has 0 radical (unpaired) electrons. The van der Waals surface area contributed by atoms with Crippen LogP contribution in [0.4, 0.5) is 0 Å². The molecule has 0 fully saturated rings. The molecule has 0 amide bonds. The van der Waals surface area contributed by atoms with Crippen molar-refractivity contribution in [2.75, 3.05) is 0 Å². The SMILES string of the molecule is C1=CC2=CC(C=C1)N(C1C=Cc3c(c4c(n3-c3ccccc3)C=CCC4)C1)C1=C2CCC=C1. The van der Waals surface area contributed by atoms with Crippen LogP contribution in [0.25, 0.3) is 17.8 Å². The summed E-state index contributed by atoms with van der Waals surface area (Å²) in [4.78, 5) is 2.67. The number of rotatable bonds is 2. The lowest BCUT2D eigenvalue weighted by atomic mass is 9.85. The van der Waals surface area contributed by atoms with Gasteiger partial charge < -0.3 is 9.47 Å². The van der Waals surface area contributed by atoms with Gasteiger partial charge in [0.25, 0.3) is 0 Å². The number of benzene rings is 1. The predicted octanol–water partition coefficient (Wildman–Crippen LogP) is 6.72. The molecule has 162 valence electrons. The highest BCUT2D eigenvalue weighted by molar-refractivity contribution is 5.70. The minimum atomic E-state index is 0.305. The van der Waals surface area contributed by atoms with Crippen molar-refractivity contribution < 1.29 is 0 Å². The highest BCUT2D eigenvalue weighted by Crippen LogP contribution is 2.41. The molecule has 1 aromatic heterocycles. The molecule has 0 spiro atoms. The molecule has 2 heterocycles. The van der Waals surface area contributed by atoms with Gasteiger partial charge >= 0.3 is 0 Å². The number of fused-ring (bicyclic) bond motifs is 5. The molecule has 0 saturated carbocycles. The van der Waals surface area contributed by atoms with Gasteiger partial charge in [0.05, 0.1) is 12.1 Å². The molecule has 1 aromatic carbocycles. The second kappa shape index (κ2) is 7.52. The Kier molecular flexibility index (Phi) is 4.33. The van der Waals surface area contributed by atoms with Crippen molar-refractivity contribution in [3.05, 3.63) is 124 Å². The zero-order chi connectivity index (χ0) is 21.8. The summed E-state index contributed by atoms with van der Waals surface area (Å²) in [7, 11) is 0. The van der Waals surface area contributed by atoms with Crippen LogP contribution >= 0.6 is 0 Å². The third-order valence-electron chi connectivity index (χ3n) is 7.70. The van der Waals surface area contributed by atoms with Crippen molar-refractivity contribution >= 4 is 12.2 Å². The first-order chi connectivity index (χ1) is 16.4. The van der Waals surface area contributed by atoms with Gasteiger partial charge in [0, 0.05) is 22.8 Å². The Morgan fingerprint density at radius 1 is 0.758 bits per heavy atom. The lowest BCUT2D eigenvalue weighted by molar-refractivity contribution is 0.274. The Labute approximate surface area is 195 Å². The summed E-state index contributed by atoms with van der Waals surface area (Å²) in [6.45, 7) is 0. The molecule has 2 bridgehead atoms. The molecule has 0 saturated heterocycles. The molecule has 1 aliphatic heterocycles. The lowest BCUT2D eigenvalue weighted by Gasteiger charge is -2.43. The Balaban J connectivity index is 1.34. The zero-order valence-corrected chi connectivity index (χ0v) is 18.8. The molecule has 2 nitrogen and oxygen atoms in total. The smallest absolute Gasteiger partial charge is 0.0675 e. The molecular formula is C31H28N2. The summed E-state index contributed by atoms with van der Waals surface area (Å²) in [6.07, 6.45) is 31.4. The van der Waals surface area contributed by atoms with E-state index in [4.69, 9.17) is 0 Å². The third-order valence-corrected chi connectivity index (χ3v) is 7.70. The molecular weight excluding hydrogens is 400 g/mol. The van der Waals surface area contributed by atoms with Crippen LogP contribution in [0.1, 0.15) is 41.8 Å². The summed E-state index contributed by atoms with van der Waals surface area (Å²) in [5.74, 6) is 0. The maximum Gasteiger partial charge on any atom is 0.0675 e. The number of para-hydroxylation sites is 1. The van der Waals surface area contributed by atoms with E-state index in [0.717, 1.165) is 32.1 Å². The van der Waals surface area contributed by atoms with E-state index in [2.05, 4.69) is 107 Å².